The molecule has 5 nitrogen and oxygen atoms in total. The average molecular weight is 231 g/mol. The number of rotatable bonds is 4. The summed E-state index contributed by atoms with van der Waals surface area (Å²) in [6.45, 7) is 0.358. The van der Waals surface area contributed by atoms with Crippen molar-refractivity contribution in [3.63, 3.8) is 0 Å². The summed E-state index contributed by atoms with van der Waals surface area (Å²) in [5.74, 6) is -0.704. The van der Waals surface area contributed by atoms with E-state index < -0.39 is 5.97 Å². The zero-order valence-electron chi connectivity index (χ0n) is 8.14. The standard InChI is InChI=1S/C9H11ClN2O3/c1-12(4-5-13)7-3-2-6(10)8(11-7)9(14)15/h2-3,13H,4-5H2,1H3,(H,14,15). The number of carboxylic acids is 1. The van der Waals surface area contributed by atoms with Crippen LogP contribution < -0.4 is 4.90 Å². The highest BCUT2D eigenvalue weighted by molar-refractivity contribution is 6.33. The number of halogens is 1. The number of aliphatic hydroxyl groups excluding tert-OH is 1. The number of carboxylic acid groups (broad SMARTS) is 1. The Bertz CT molecular complexity index is 370. The van der Waals surface area contributed by atoms with E-state index >= 15 is 0 Å². The molecule has 0 radical (unpaired) electrons. The van der Waals surface area contributed by atoms with Gasteiger partial charge in [0, 0.05) is 13.6 Å². The van der Waals surface area contributed by atoms with E-state index in [1.807, 2.05) is 0 Å². The van der Waals surface area contributed by atoms with Crippen molar-refractivity contribution in [3.05, 3.63) is 22.8 Å². The predicted molar refractivity (Wildman–Crippen MR) is 56.6 cm³/mol. The van der Waals surface area contributed by atoms with Crippen LogP contribution in [0.2, 0.25) is 5.02 Å². The van der Waals surface area contributed by atoms with Crippen molar-refractivity contribution in [1.82, 2.24) is 4.98 Å². The fraction of sp³-hybridized carbons (Fsp3) is 0.333. The molecule has 6 heteroatoms. The zero-order valence-corrected chi connectivity index (χ0v) is 8.90. The summed E-state index contributed by atoms with van der Waals surface area (Å²) in [7, 11) is 1.71. The number of anilines is 1. The van der Waals surface area contributed by atoms with Crippen molar-refractivity contribution in [3.8, 4) is 0 Å². The number of aliphatic hydroxyl groups is 1. The van der Waals surface area contributed by atoms with Gasteiger partial charge >= 0.3 is 5.97 Å². The summed E-state index contributed by atoms with van der Waals surface area (Å²) in [5.41, 5.74) is -0.182. The molecule has 0 aromatic carbocycles. The Morgan fingerprint density at radius 3 is 2.80 bits per heavy atom. The Hall–Kier alpha value is -1.33. The molecule has 0 spiro atoms. The van der Waals surface area contributed by atoms with Gasteiger partial charge < -0.3 is 15.1 Å². The molecular weight excluding hydrogens is 220 g/mol. The lowest BCUT2D eigenvalue weighted by molar-refractivity contribution is 0.0691. The molecule has 0 bridgehead atoms. The van der Waals surface area contributed by atoms with Crippen LogP contribution in [0, 0.1) is 0 Å². The van der Waals surface area contributed by atoms with Gasteiger partial charge in [0.1, 0.15) is 5.82 Å². The number of aromatic carboxylic acids is 1. The van der Waals surface area contributed by atoms with E-state index in [1.54, 1.807) is 18.0 Å². The van der Waals surface area contributed by atoms with Crippen molar-refractivity contribution in [2.24, 2.45) is 0 Å². The van der Waals surface area contributed by atoms with E-state index in [4.69, 9.17) is 21.8 Å². The van der Waals surface area contributed by atoms with Crippen LogP contribution in [0.4, 0.5) is 5.82 Å². The van der Waals surface area contributed by atoms with Gasteiger partial charge in [-0.15, -0.1) is 0 Å². The van der Waals surface area contributed by atoms with Crippen molar-refractivity contribution >= 4 is 23.4 Å². The van der Waals surface area contributed by atoms with Gasteiger partial charge in [0.25, 0.3) is 0 Å². The number of hydrogen-bond acceptors (Lipinski definition) is 4. The molecule has 2 N–H and O–H groups in total. The van der Waals surface area contributed by atoms with Crippen LogP contribution in [0.5, 0.6) is 0 Å². The largest absolute Gasteiger partial charge is 0.476 e. The summed E-state index contributed by atoms with van der Waals surface area (Å²) in [5, 5.41) is 17.6. The molecule has 0 saturated heterocycles. The second-order valence-corrected chi connectivity index (χ2v) is 3.36. The SMILES string of the molecule is CN(CCO)c1ccc(Cl)c(C(=O)O)n1. The summed E-state index contributed by atoms with van der Waals surface area (Å²) in [6, 6.07) is 3.08. The highest BCUT2D eigenvalue weighted by Crippen LogP contribution is 2.18. The van der Waals surface area contributed by atoms with Gasteiger partial charge in [-0.3, -0.25) is 0 Å². The molecule has 0 amide bonds. The monoisotopic (exact) mass is 230 g/mol. The Morgan fingerprint density at radius 2 is 2.27 bits per heavy atom. The van der Waals surface area contributed by atoms with Crippen molar-refractivity contribution in [1.29, 1.82) is 0 Å². The van der Waals surface area contributed by atoms with Crippen LogP contribution in [-0.4, -0.2) is 41.4 Å². The molecule has 0 fully saturated rings. The normalized spacial score (nSPS) is 10.1. The smallest absolute Gasteiger partial charge is 0.356 e. The van der Waals surface area contributed by atoms with Crippen LogP contribution >= 0.6 is 11.6 Å². The topological polar surface area (TPSA) is 73.7 Å². The number of pyridine rings is 1. The van der Waals surface area contributed by atoms with Gasteiger partial charge in [-0.05, 0) is 12.1 Å². The minimum absolute atomic E-state index is 0.0246. The third-order valence-electron chi connectivity index (χ3n) is 1.86. The summed E-state index contributed by atoms with van der Waals surface area (Å²) < 4.78 is 0. The van der Waals surface area contributed by atoms with Crippen LogP contribution in [0.3, 0.4) is 0 Å². The number of hydrogen-bond donors (Lipinski definition) is 2. The number of likely N-dealkylation sites (N-methyl/N-ethyl adjacent to an activating group) is 1. The number of aromatic nitrogens is 1. The van der Waals surface area contributed by atoms with E-state index in [0.29, 0.717) is 12.4 Å². The van der Waals surface area contributed by atoms with Crippen molar-refractivity contribution in [2.75, 3.05) is 25.1 Å². The Balaban J connectivity index is 3.02. The molecule has 1 heterocycles. The van der Waals surface area contributed by atoms with Gasteiger partial charge in [0.2, 0.25) is 0 Å². The van der Waals surface area contributed by atoms with E-state index in [9.17, 15) is 4.79 Å². The van der Waals surface area contributed by atoms with Gasteiger partial charge in [-0.1, -0.05) is 11.6 Å². The lowest BCUT2D eigenvalue weighted by atomic mass is 10.3. The molecule has 0 aliphatic rings. The van der Waals surface area contributed by atoms with Crippen LogP contribution in [0.25, 0.3) is 0 Å². The van der Waals surface area contributed by atoms with Gasteiger partial charge in [0.05, 0.1) is 11.6 Å². The molecule has 82 valence electrons. The quantitative estimate of drug-likeness (QED) is 0.803. The summed E-state index contributed by atoms with van der Waals surface area (Å²) >= 11 is 5.66. The minimum Gasteiger partial charge on any atom is -0.476 e. The maximum absolute atomic E-state index is 10.7. The van der Waals surface area contributed by atoms with E-state index in [0.717, 1.165) is 0 Å². The maximum Gasteiger partial charge on any atom is 0.356 e. The molecule has 1 aromatic rings. The molecule has 0 saturated carbocycles. The molecular formula is C9H11ClN2O3. The van der Waals surface area contributed by atoms with Gasteiger partial charge in [-0.2, -0.15) is 0 Å². The fourth-order valence-electron chi connectivity index (χ4n) is 1.06. The molecule has 1 aromatic heterocycles. The molecule has 15 heavy (non-hydrogen) atoms. The predicted octanol–water partition coefficient (Wildman–Crippen LogP) is 0.862. The number of nitrogens with zero attached hydrogens (tertiary/aromatic N) is 2. The summed E-state index contributed by atoms with van der Waals surface area (Å²) in [4.78, 5) is 16.3. The van der Waals surface area contributed by atoms with E-state index in [2.05, 4.69) is 4.98 Å². The summed E-state index contributed by atoms with van der Waals surface area (Å²) in [6.07, 6.45) is 0. The second kappa shape index (κ2) is 4.95. The Kier molecular flexibility index (Phi) is 3.88. The first kappa shape index (κ1) is 11.7. The number of carbonyl (C=O) groups is 1. The van der Waals surface area contributed by atoms with Crippen LogP contribution in [0.1, 0.15) is 10.5 Å². The van der Waals surface area contributed by atoms with Crippen LogP contribution in [-0.2, 0) is 0 Å². The third kappa shape index (κ3) is 2.81. The van der Waals surface area contributed by atoms with E-state index in [1.165, 1.54) is 6.07 Å². The Labute approximate surface area is 91.9 Å². The molecule has 0 aliphatic carbocycles. The lowest BCUT2D eigenvalue weighted by Gasteiger charge is -2.16. The maximum atomic E-state index is 10.7. The fourth-order valence-corrected chi connectivity index (χ4v) is 1.25. The first-order chi connectivity index (χ1) is 7.06. The molecule has 0 unspecified atom stereocenters. The highest BCUT2D eigenvalue weighted by atomic mass is 35.5. The third-order valence-corrected chi connectivity index (χ3v) is 2.17. The zero-order chi connectivity index (χ0) is 11.4. The minimum atomic E-state index is -1.17. The van der Waals surface area contributed by atoms with Gasteiger partial charge in [0.15, 0.2) is 5.69 Å². The van der Waals surface area contributed by atoms with Crippen LogP contribution in [0.15, 0.2) is 12.1 Å². The van der Waals surface area contributed by atoms with E-state index in [-0.39, 0.29) is 17.3 Å². The lowest BCUT2D eigenvalue weighted by Crippen LogP contribution is -2.22. The van der Waals surface area contributed by atoms with Gasteiger partial charge in [-0.25, -0.2) is 9.78 Å². The first-order valence-corrected chi connectivity index (χ1v) is 4.66. The molecule has 0 aliphatic heterocycles. The molecule has 1 rings (SSSR count). The average Bonchev–Trinajstić information content (AvgIpc) is 2.18. The molecule has 0 atom stereocenters. The second-order valence-electron chi connectivity index (χ2n) is 2.95. The first-order valence-electron chi connectivity index (χ1n) is 4.28. The Morgan fingerprint density at radius 1 is 1.60 bits per heavy atom. The van der Waals surface area contributed by atoms with Crippen molar-refractivity contribution < 1.29 is 15.0 Å². The van der Waals surface area contributed by atoms with Crippen molar-refractivity contribution in [2.45, 2.75) is 0 Å². The highest BCUT2D eigenvalue weighted by Gasteiger charge is 2.12.